The highest BCUT2D eigenvalue weighted by molar-refractivity contribution is 6.07. The third kappa shape index (κ3) is 3.77. The first-order chi connectivity index (χ1) is 11.9. The van der Waals surface area contributed by atoms with E-state index in [0.717, 1.165) is 6.07 Å². The Morgan fingerprint density at radius 3 is 2.28 bits per heavy atom. The smallest absolute Gasteiger partial charge is 0.286 e. The van der Waals surface area contributed by atoms with E-state index in [4.69, 9.17) is 14.2 Å². The third-order valence-electron chi connectivity index (χ3n) is 3.46. The van der Waals surface area contributed by atoms with Crippen LogP contribution in [-0.4, -0.2) is 37.1 Å². The molecule has 9 nitrogen and oxygen atoms in total. The van der Waals surface area contributed by atoms with Crippen LogP contribution in [-0.2, 0) is 0 Å². The zero-order valence-corrected chi connectivity index (χ0v) is 14.2. The van der Waals surface area contributed by atoms with Gasteiger partial charge in [-0.15, -0.1) is 0 Å². The van der Waals surface area contributed by atoms with Crippen LogP contribution in [0.5, 0.6) is 17.4 Å². The number of pyridine rings is 1. The van der Waals surface area contributed by atoms with E-state index < -0.39 is 16.5 Å². The molecule has 2 rings (SSSR count). The van der Waals surface area contributed by atoms with Crippen LogP contribution in [0.25, 0.3) is 0 Å². The van der Waals surface area contributed by atoms with Crippen molar-refractivity contribution in [3.63, 3.8) is 0 Å². The highest BCUT2D eigenvalue weighted by Crippen LogP contribution is 2.35. The Bertz CT molecular complexity index is 822. The fourth-order valence-corrected chi connectivity index (χ4v) is 2.17. The van der Waals surface area contributed by atoms with Gasteiger partial charge in [-0.1, -0.05) is 0 Å². The maximum Gasteiger partial charge on any atom is 0.286 e. The summed E-state index contributed by atoms with van der Waals surface area (Å²) in [6.07, 6.45) is 0. The SMILES string of the molecule is COc1ccc(NC(=O)c2cc(OC)c(OC)cc2[N+](=O)[O-])c(C)n1. The van der Waals surface area contributed by atoms with E-state index in [1.165, 1.54) is 27.4 Å². The standard InChI is InChI=1S/C16H17N3O6/c1-9-11(5-6-15(17-9)25-4)18-16(20)10-7-13(23-2)14(24-3)8-12(10)19(21)22/h5-8H,1-4H3,(H,18,20). The molecule has 1 heterocycles. The van der Waals surface area contributed by atoms with Crippen LogP contribution in [0.2, 0.25) is 0 Å². The lowest BCUT2D eigenvalue weighted by Gasteiger charge is -2.12. The first-order valence-electron chi connectivity index (χ1n) is 7.14. The number of rotatable bonds is 6. The normalized spacial score (nSPS) is 10.1. The number of carbonyl (C=O) groups is 1. The number of aromatic nitrogens is 1. The summed E-state index contributed by atoms with van der Waals surface area (Å²) in [6, 6.07) is 5.59. The van der Waals surface area contributed by atoms with Crippen molar-refractivity contribution in [1.82, 2.24) is 4.98 Å². The highest BCUT2D eigenvalue weighted by atomic mass is 16.6. The molecule has 1 aromatic carbocycles. The number of nitro benzene ring substituents is 1. The molecule has 0 unspecified atom stereocenters. The molecule has 0 saturated heterocycles. The number of hydrogen-bond acceptors (Lipinski definition) is 7. The van der Waals surface area contributed by atoms with Crippen molar-refractivity contribution in [2.24, 2.45) is 0 Å². The van der Waals surface area contributed by atoms with Crippen LogP contribution in [0.1, 0.15) is 16.1 Å². The first kappa shape index (κ1) is 18.0. The highest BCUT2D eigenvalue weighted by Gasteiger charge is 2.25. The van der Waals surface area contributed by atoms with E-state index in [-0.39, 0.29) is 17.1 Å². The molecule has 0 fully saturated rings. The zero-order valence-electron chi connectivity index (χ0n) is 14.2. The lowest BCUT2D eigenvalue weighted by molar-refractivity contribution is -0.385. The molecule has 0 saturated carbocycles. The van der Waals surface area contributed by atoms with Gasteiger partial charge >= 0.3 is 0 Å². The molecular weight excluding hydrogens is 330 g/mol. The van der Waals surface area contributed by atoms with Gasteiger partial charge in [0.2, 0.25) is 5.88 Å². The van der Waals surface area contributed by atoms with Crippen molar-refractivity contribution >= 4 is 17.3 Å². The molecule has 0 spiro atoms. The molecule has 0 aliphatic carbocycles. The first-order valence-corrected chi connectivity index (χ1v) is 7.14. The number of amides is 1. The van der Waals surface area contributed by atoms with Gasteiger partial charge in [0.1, 0.15) is 5.56 Å². The van der Waals surface area contributed by atoms with E-state index in [1.54, 1.807) is 19.1 Å². The molecule has 2 aromatic rings. The molecule has 0 bridgehead atoms. The van der Waals surface area contributed by atoms with E-state index in [9.17, 15) is 14.9 Å². The number of aryl methyl sites for hydroxylation is 1. The summed E-state index contributed by atoms with van der Waals surface area (Å²) in [5, 5.41) is 13.9. The Labute approximate surface area is 143 Å². The Morgan fingerprint density at radius 2 is 1.76 bits per heavy atom. The average molecular weight is 347 g/mol. The molecule has 1 N–H and O–H groups in total. The van der Waals surface area contributed by atoms with Crippen molar-refractivity contribution in [2.75, 3.05) is 26.6 Å². The van der Waals surface area contributed by atoms with Crippen LogP contribution in [0.3, 0.4) is 0 Å². The molecule has 9 heteroatoms. The van der Waals surface area contributed by atoms with E-state index in [1.807, 2.05) is 0 Å². The second-order valence-electron chi connectivity index (χ2n) is 4.92. The van der Waals surface area contributed by atoms with E-state index in [0.29, 0.717) is 17.3 Å². The summed E-state index contributed by atoms with van der Waals surface area (Å²) in [4.78, 5) is 27.3. The van der Waals surface area contributed by atoms with Gasteiger partial charge in [-0.25, -0.2) is 4.98 Å². The minimum atomic E-state index is -0.664. The summed E-state index contributed by atoms with van der Waals surface area (Å²) in [7, 11) is 4.21. The Kier molecular flexibility index (Phi) is 5.38. The Morgan fingerprint density at radius 1 is 1.12 bits per heavy atom. The topological polar surface area (TPSA) is 113 Å². The van der Waals surface area contributed by atoms with E-state index >= 15 is 0 Å². The van der Waals surface area contributed by atoms with Gasteiger partial charge < -0.3 is 19.5 Å². The van der Waals surface area contributed by atoms with Crippen LogP contribution >= 0.6 is 0 Å². The molecular formula is C16H17N3O6. The summed E-state index contributed by atoms with van der Waals surface area (Å²) in [5.74, 6) is 0.103. The van der Waals surface area contributed by atoms with Crippen molar-refractivity contribution < 1.29 is 23.9 Å². The lowest BCUT2D eigenvalue weighted by Crippen LogP contribution is -2.15. The number of carbonyl (C=O) groups excluding carboxylic acids is 1. The summed E-state index contributed by atoms with van der Waals surface area (Å²) < 4.78 is 15.2. The van der Waals surface area contributed by atoms with Gasteiger partial charge in [-0.3, -0.25) is 14.9 Å². The fourth-order valence-electron chi connectivity index (χ4n) is 2.17. The van der Waals surface area contributed by atoms with Crippen molar-refractivity contribution in [1.29, 1.82) is 0 Å². The molecule has 25 heavy (non-hydrogen) atoms. The second-order valence-corrected chi connectivity index (χ2v) is 4.92. The van der Waals surface area contributed by atoms with Gasteiger partial charge in [0.05, 0.1) is 43.7 Å². The van der Waals surface area contributed by atoms with Crippen LogP contribution in [0, 0.1) is 17.0 Å². The molecule has 0 aliphatic rings. The quantitative estimate of drug-likeness (QED) is 0.631. The number of anilines is 1. The van der Waals surface area contributed by atoms with E-state index in [2.05, 4.69) is 10.3 Å². The van der Waals surface area contributed by atoms with Crippen molar-refractivity contribution in [3.05, 3.63) is 45.6 Å². The van der Waals surface area contributed by atoms with Gasteiger partial charge in [0.25, 0.3) is 11.6 Å². The van der Waals surface area contributed by atoms with Crippen molar-refractivity contribution in [3.8, 4) is 17.4 Å². The number of nitro groups is 1. The zero-order chi connectivity index (χ0) is 18.6. The average Bonchev–Trinajstić information content (AvgIpc) is 2.61. The molecule has 0 aliphatic heterocycles. The van der Waals surface area contributed by atoms with Gasteiger partial charge in [-0.05, 0) is 13.0 Å². The van der Waals surface area contributed by atoms with Crippen molar-refractivity contribution in [2.45, 2.75) is 6.92 Å². The van der Waals surface area contributed by atoms with Gasteiger partial charge in [-0.2, -0.15) is 0 Å². The second kappa shape index (κ2) is 7.47. The fraction of sp³-hybridized carbons (Fsp3) is 0.250. The summed E-state index contributed by atoms with van der Waals surface area (Å²) in [5.41, 5.74) is 0.373. The molecule has 0 radical (unpaired) electrons. The number of methoxy groups -OCH3 is 3. The lowest BCUT2D eigenvalue weighted by atomic mass is 10.1. The summed E-state index contributed by atoms with van der Waals surface area (Å²) in [6.45, 7) is 1.68. The van der Waals surface area contributed by atoms with Gasteiger partial charge in [0, 0.05) is 12.1 Å². The number of benzene rings is 1. The maximum absolute atomic E-state index is 12.5. The number of nitrogens with one attached hydrogen (secondary N) is 1. The number of nitrogens with zero attached hydrogens (tertiary/aromatic N) is 2. The molecule has 1 amide bonds. The predicted molar refractivity (Wildman–Crippen MR) is 89.7 cm³/mol. The Balaban J connectivity index is 2.43. The predicted octanol–water partition coefficient (Wildman–Crippen LogP) is 2.58. The Hall–Kier alpha value is -3.36. The summed E-state index contributed by atoms with van der Waals surface area (Å²) >= 11 is 0. The molecule has 0 atom stereocenters. The van der Waals surface area contributed by atoms with Crippen LogP contribution < -0.4 is 19.5 Å². The van der Waals surface area contributed by atoms with Gasteiger partial charge in [0.15, 0.2) is 11.5 Å². The molecule has 1 aromatic heterocycles. The third-order valence-corrected chi connectivity index (χ3v) is 3.46. The number of hydrogen-bond donors (Lipinski definition) is 1. The maximum atomic E-state index is 12.5. The minimum absolute atomic E-state index is 0.155. The van der Waals surface area contributed by atoms with Crippen LogP contribution in [0.4, 0.5) is 11.4 Å². The minimum Gasteiger partial charge on any atom is -0.493 e. The molecule has 132 valence electrons. The monoisotopic (exact) mass is 347 g/mol. The van der Waals surface area contributed by atoms with Crippen LogP contribution in [0.15, 0.2) is 24.3 Å². The number of ether oxygens (including phenoxy) is 3. The largest absolute Gasteiger partial charge is 0.493 e.